The Morgan fingerprint density at radius 2 is 0.908 bits per heavy atom. The van der Waals surface area contributed by atoms with Crippen molar-refractivity contribution in [3.63, 3.8) is 0 Å². The summed E-state index contributed by atoms with van der Waals surface area (Å²) >= 11 is 0. The van der Waals surface area contributed by atoms with E-state index in [-0.39, 0.29) is 0 Å². The smallest absolute Gasteiger partial charge is 0.138 e. The van der Waals surface area contributed by atoms with E-state index in [0.29, 0.717) is 0 Å². The Labute approximate surface area is 373 Å². The molecule has 5 nitrogen and oxygen atoms in total. The maximum Gasteiger partial charge on any atom is 0.138 e. The maximum absolute atomic E-state index is 6.58. The van der Waals surface area contributed by atoms with E-state index in [1.165, 1.54) is 48.9 Å². The SMILES string of the molecule is Cc1cccc2c1oc1cc(N(c3ccccc3)c3ccc4cc5c6ccc(N(c7ccccc7)c7ccc8c(c7)oc7c(C)cccc78)c7c8ccccc8n(c5cc4c3)c67)ccc12. The molecule has 5 heteroatoms. The molecule has 0 aliphatic heterocycles. The largest absolute Gasteiger partial charge is 0.456 e. The van der Waals surface area contributed by atoms with Gasteiger partial charge in [0.1, 0.15) is 22.3 Å². The quantitative estimate of drug-likeness (QED) is 0.167. The highest BCUT2D eigenvalue weighted by Gasteiger charge is 2.25. The number of benzene rings is 10. The van der Waals surface area contributed by atoms with Crippen molar-refractivity contribution < 1.29 is 8.83 Å². The van der Waals surface area contributed by atoms with E-state index in [4.69, 9.17) is 8.83 Å². The molecule has 0 amide bonds. The molecular weight excluding hydrogens is 795 g/mol. The molecule has 14 aromatic rings. The van der Waals surface area contributed by atoms with Gasteiger partial charge in [0.15, 0.2) is 0 Å². The van der Waals surface area contributed by atoms with Crippen LogP contribution < -0.4 is 9.80 Å². The number of hydrogen-bond donors (Lipinski definition) is 0. The lowest BCUT2D eigenvalue weighted by atomic mass is 10.0. The van der Waals surface area contributed by atoms with Crippen LogP contribution in [0.1, 0.15) is 11.1 Å². The van der Waals surface area contributed by atoms with E-state index < -0.39 is 0 Å². The molecule has 0 aliphatic rings. The Morgan fingerprint density at radius 3 is 1.58 bits per heavy atom. The van der Waals surface area contributed by atoms with E-state index >= 15 is 0 Å². The first kappa shape index (κ1) is 36.0. The van der Waals surface area contributed by atoms with E-state index in [2.05, 4.69) is 228 Å². The molecule has 0 unspecified atom stereocenters. The minimum absolute atomic E-state index is 0.877. The first-order valence-electron chi connectivity index (χ1n) is 22.2. The molecular formula is C60H39N3O2. The second-order valence-corrected chi connectivity index (χ2v) is 17.4. The minimum atomic E-state index is 0.877. The van der Waals surface area contributed by atoms with Crippen molar-refractivity contribution in [2.45, 2.75) is 13.8 Å². The maximum atomic E-state index is 6.58. The van der Waals surface area contributed by atoms with Crippen LogP contribution in [-0.4, -0.2) is 4.40 Å². The van der Waals surface area contributed by atoms with E-state index in [1.807, 2.05) is 0 Å². The zero-order valence-corrected chi connectivity index (χ0v) is 35.7. The Kier molecular flexibility index (Phi) is 7.47. The van der Waals surface area contributed by atoms with Crippen molar-refractivity contribution in [1.82, 2.24) is 4.40 Å². The molecule has 0 spiro atoms. The Morgan fingerprint density at radius 1 is 0.354 bits per heavy atom. The second-order valence-electron chi connectivity index (χ2n) is 17.4. The molecule has 0 bridgehead atoms. The summed E-state index contributed by atoms with van der Waals surface area (Å²) in [4.78, 5) is 4.72. The van der Waals surface area contributed by atoms with Gasteiger partial charge in [-0.3, -0.25) is 0 Å². The van der Waals surface area contributed by atoms with Gasteiger partial charge in [0.25, 0.3) is 0 Å². The molecule has 0 radical (unpaired) electrons. The monoisotopic (exact) mass is 833 g/mol. The molecule has 14 rings (SSSR count). The molecule has 10 aromatic carbocycles. The zero-order chi connectivity index (χ0) is 42.9. The predicted molar refractivity (Wildman–Crippen MR) is 272 cm³/mol. The number of fused-ring (bicyclic) bond motifs is 13. The highest BCUT2D eigenvalue weighted by atomic mass is 16.3. The normalized spacial score (nSPS) is 12.2. The predicted octanol–water partition coefficient (Wildman–Crippen LogP) is 17.3. The molecule has 306 valence electrons. The van der Waals surface area contributed by atoms with Gasteiger partial charge in [0, 0.05) is 83.7 Å². The fourth-order valence-electron chi connectivity index (χ4n) is 10.7. The molecule has 0 atom stereocenters. The fourth-order valence-corrected chi connectivity index (χ4v) is 10.7. The van der Waals surface area contributed by atoms with Crippen LogP contribution in [0.5, 0.6) is 0 Å². The van der Waals surface area contributed by atoms with Crippen LogP contribution >= 0.6 is 0 Å². The summed E-state index contributed by atoms with van der Waals surface area (Å²) in [5.74, 6) is 0. The van der Waals surface area contributed by atoms with Crippen molar-refractivity contribution in [1.29, 1.82) is 0 Å². The number of furan rings is 2. The summed E-state index contributed by atoms with van der Waals surface area (Å²) < 4.78 is 15.6. The first-order valence-corrected chi connectivity index (χ1v) is 22.2. The first-order chi connectivity index (χ1) is 32.1. The van der Waals surface area contributed by atoms with Crippen molar-refractivity contribution in [3.05, 3.63) is 211 Å². The van der Waals surface area contributed by atoms with Gasteiger partial charge >= 0.3 is 0 Å². The summed E-state index contributed by atoms with van der Waals surface area (Å²) in [6.07, 6.45) is 0. The van der Waals surface area contributed by atoms with Crippen LogP contribution in [0.3, 0.4) is 0 Å². The average molecular weight is 834 g/mol. The summed E-state index contributed by atoms with van der Waals surface area (Å²) in [7, 11) is 0. The van der Waals surface area contributed by atoms with Crippen LogP contribution in [0, 0.1) is 13.8 Å². The highest BCUT2D eigenvalue weighted by Crippen LogP contribution is 2.49. The number of aryl methyl sites for hydroxylation is 2. The Balaban J connectivity index is 0.976. The van der Waals surface area contributed by atoms with Gasteiger partial charge in [-0.15, -0.1) is 0 Å². The minimum Gasteiger partial charge on any atom is -0.456 e. The molecule has 4 heterocycles. The molecule has 0 aliphatic carbocycles. The van der Waals surface area contributed by atoms with Crippen LogP contribution in [0.2, 0.25) is 0 Å². The molecule has 0 N–H and O–H groups in total. The summed E-state index contributed by atoms with van der Waals surface area (Å²) in [5, 5.41) is 11.8. The standard InChI is InChI=1S/C60H39N3O2/c1-36-13-11-20-48-45-27-25-43(34-55(45)64-59(36)48)61(40-15-5-3-6-16-40)42-24-23-38-32-51-47-29-30-53(57-50-19-9-10-22-52(50)63(58(47)57)54(51)33-39(38)31-42)62(41-17-7-4-8-18-41)44-26-28-46-49-21-12-14-37(2)60(49)65-56(46)35-44/h3-35H,1-2H3. The van der Waals surface area contributed by atoms with E-state index in [1.54, 1.807) is 0 Å². The van der Waals surface area contributed by atoms with Gasteiger partial charge in [0.05, 0.1) is 22.2 Å². The summed E-state index contributed by atoms with van der Waals surface area (Å²) in [5.41, 5.74) is 15.9. The zero-order valence-electron chi connectivity index (χ0n) is 35.7. The molecule has 65 heavy (non-hydrogen) atoms. The van der Waals surface area contributed by atoms with Crippen LogP contribution in [0.15, 0.2) is 209 Å². The summed E-state index contributed by atoms with van der Waals surface area (Å²) in [6, 6.07) is 72.4. The number of anilines is 6. The fraction of sp³-hybridized carbons (Fsp3) is 0.0333. The number of aromatic nitrogens is 1. The molecule has 4 aromatic heterocycles. The van der Waals surface area contributed by atoms with Crippen molar-refractivity contribution in [2.24, 2.45) is 0 Å². The van der Waals surface area contributed by atoms with Crippen molar-refractivity contribution in [3.8, 4) is 0 Å². The van der Waals surface area contributed by atoms with Crippen LogP contribution in [-0.2, 0) is 0 Å². The number of nitrogens with zero attached hydrogens (tertiary/aromatic N) is 3. The Hall–Kier alpha value is -8.54. The van der Waals surface area contributed by atoms with Crippen LogP contribution in [0.25, 0.3) is 92.7 Å². The molecule has 0 saturated carbocycles. The molecule has 0 fully saturated rings. The van der Waals surface area contributed by atoms with Crippen molar-refractivity contribution >= 4 is 127 Å². The molecule has 0 saturated heterocycles. The third kappa shape index (κ3) is 5.21. The topological polar surface area (TPSA) is 37.2 Å². The lowest BCUT2D eigenvalue weighted by Crippen LogP contribution is -2.10. The lowest BCUT2D eigenvalue weighted by Gasteiger charge is -2.26. The van der Waals surface area contributed by atoms with E-state index in [0.717, 1.165) is 89.1 Å². The average Bonchev–Trinajstić information content (AvgIpc) is 4.10. The third-order valence-corrected chi connectivity index (χ3v) is 13.7. The lowest BCUT2D eigenvalue weighted by molar-refractivity contribution is 0.665. The van der Waals surface area contributed by atoms with Gasteiger partial charge in [-0.2, -0.15) is 0 Å². The highest BCUT2D eigenvalue weighted by molar-refractivity contribution is 6.28. The van der Waals surface area contributed by atoms with Crippen molar-refractivity contribution in [2.75, 3.05) is 9.80 Å². The number of hydrogen-bond acceptors (Lipinski definition) is 4. The Bertz CT molecular complexity index is 4220. The number of rotatable bonds is 6. The van der Waals surface area contributed by atoms with Gasteiger partial charge < -0.3 is 23.0 Å². The van der Waals surface area contributed by atoms with Gasteiger partial charge in [-0.05, 0) is 121 Å². The van der Waals surface area contributed by atoms with Gasteiger partial charge in [-0.1, -0.05) is 103 Å². The summed E-state index contributed by atoms with van der Waals surface area (Å²) in [6.45, 7) is 4.22. The van der Waals surface area contributed by atoms with Gasteiger partial charge in [0.2, 0.25) is 0 Å². The van der Waals surface area contributed by atoms with E-state index in [9.17, 15) is 0 Å². The van der Waals surface area contributed by atoms with Crippen LogP contribution in [0.4, 0.5) is 34.1 Å². The second kappa shape index (κ2) is 13.5. The van der Waals surface area contributed by atoms with Gasteiger partial charge in [-0.25, -0.2) is 0 Å². The number of para-hydroxylation sites is 5. The third-order valence-electron chi connectivity index (χ3n) is 13.7.